The average Bonchev–Trinajstić information content (AvgIpc) is 3.33. The van der Waals surface area contributed by atoms with Crippen LogP contribution in [-0.2, 0) is 11.3 Å². The molecule has 1 fully saturated rings. The standard InChI is InChI=1S/C19H19F2NO4/c1-24-17-11-13(4-8-16(17)26-19(20)21)12-22(14-5-6-14)18(23)9-7-15-3-2-10-25-15/h2-4,7-11,14,19H,5-6,12H2,1H3/b9-7+. The number of benzene rings is 1. The van der Waals surface area contributed by atoms with Crippen LogP contribution in [0.25, 0.3) is 6.08 Å². The van der Waals surface area contributed by atoms with Crippen LogP contribution in [0.1, 0.15) is 24.2 Å². The van der Waals surface area contributed by atoms with Crippen LogP contribution in [0.15, 0.2) is 47.1 Å². The summed E-state index contributed by atoms with van der Waals surface area (Å²) in [5.74, 6) is 0.644. The Kier molecular flexibility index (Phi) is 5.55. The van der Waals surface area contributed by atoms with Crippen LogP contribution < -0.4 is 9.47 Å². The van der Waals surface area contributed by atoms with E-state index in [1.54, 1.807) is 35.2 Å². The molecule has 1 aromatic heterocycles. The van der Waals surface area contributed by atoms with Gasteiger partial charge in [0, 0.05) is 18.7 Å². The number of hydrogen-bond acceptors (Lipinski definition) is 4. The molecule has 26 heavy (non-hydrogen) atoms. The van der Waals surface area contributed by atoms with E-state index in [0.717, 1.165) is 18.4 Å². The van der Waals surface area contributed by atoms with E-state index in [1.807, 2.05) is 0 Å². The van der Waals surface area contributed by atoms with Gasteiger partial charge in [-0.3, -0.25) is 4.79 Å². The van der Waals surface area contributed by atoms with Gasteiger partial charge in [0.05, 0.1) is 13.4 Å². The molecule has 1 heterocycles. The molecule has 7 heteroatoms. The zero-order valence-corrected chi connectivity index (χ0v) is 14.2. The third-order valence-corrected chi connectivity index (χ3v) is 4.00. The lowest BCUT2D eigenvalue weighted by molar-refractivity contribution is -0.127. The highest BCUT2D eigenvalue weighted by atomic mass is 19.3. The normalized spacial score (nSPS) is 14.0. The number of alkyl halides is 2. The topological polar surface area (TPSA) is 51.9 Å². The maximum absolute atomic E-state index is 12.5. The first-order chi connectivity index (χ1) is 12.6. The molecule has 3 rings (SSSR count). The van der Waals surface area contributed by atoms with E-state index < -0.39 is 6.61 Å². The average molecular weight is 363 g/mol. The van der Waals surface area contributed by atoms with Gasteiger partial charge in [0.2, 0.25) is 5.91 Å². The molecule has 0 spiro atoms. The summed E-state index contributed by atoms with van der Waals surface area (Å²) in [4.78, 5) is 14.3. The Labute approximate surface area is 149 Å². The van der Waals surface area contributed by atoms with Crippen molar-refractivity contribution in [3.8, 4) is 11.5 Å². The fourth-order valence-electron chi connectivity index (χ4n) is 2.61. The van der Waals surface area contributed by atoms with Crippen molar-refractivity contribution in [1.29, 1.82) is 0 Å². The van der Waals surface area contributed by atoms with E-state index in [4.69, 9.17) is 9.15 Å². The summed E-state index contributed by atoms with van der Waals surface area (Å²) in [6.45, 7) is -2.57. The molecule has 0 atom stereocenters. The number of carbonyl (C=O) groups is 1. The Bertz CT molecular complexity index is 770. The van der Waals surface area contributed by atoms with Crippen LogP contribution in [0, 0.1) is 0 Å². The van der Waals surface area contributed by atoms with Crippen molar-refractivity contribution in [3.05, 3.63) is 54.0 Å². The molecule has 5 nitrogen and oxygen atoms in total. The van der Waals surface area contributed by atoms with Crippen molar-refractivity contribution in [2.75, 3.05) is 7.11 Å². The first-order valence-corrected chi connectivity index (χ1v) is 8.20. The van der Waals surface area contributed by atoms with Gasteiger partial charge in [-0.05, 0) is 48.7 Å². The highest BCUT2D eigenvalue weighted by molar-refractivity contribution is 5.91. The van der Waals surface area contributed by atoms with E-state index in [-0.39, 0.29) is 23.4 Å². The summed E-state index contributed by atoms with van der Waals surface area (Å²) in [6, 6.07) is 8.38. The van der Waals surface area contributed by atoms with Crippen LogP contribution in [-0.4, -0.2) is 30.6 Å². The molecule has 2 aromatic rings. The van der Waals surface area contributed by atoms with E-state index in [2.05, 4.69) is 4.74 Å². The van der Waals surface area contributed by atoms with Crippen molar-refractivity contribution >= 4 is 12.0 Å². The lowest BCUT2D eigenvalue weighted by atomic mass is 10.1. The first kappa shape index (κ1) is 18.0. The molecule has 1 saturated carbocycles. The number of hydrogen-bond donors (Lipinski definition) is 0. The lowest BCUT2D eigenvalue weighted by Gasteiger charge is -2.21. The van der Waals surface area contributed by atoms with Gasteiger partial charge in [0.1, 0.15) is 5.76 Å². The van der Waals surface area contributed by atoms with E-state index in [1.165, 1.54) is 25.5 Å². The van der Waals surface area contributed by atoms with Crippen LogP contribution in [0.3, 0.4) is 0 Å². The van der Waals surface area contributed by atoms with Gasteiger partial charge in [-0.1, -0.05) is 6.07 Å². The van der Waals surface area contributed by atoms with Crippen LogP contribution in [0.4, 0.5) is 8.78 Å². The highest BCUT2D eigenvalue weighted by Gasteiger charge is 2.31. The molecule has 0 unspecified atom stereocenters. The van der Waals surface area contributed by atoms with E-state index in [0.29, 0.717) is 12.3 Å². The van der Waals surface area contributed by atoms with E-state index >= 15 is 0 Å². The van der Waals surface area contributed by atoms with Gasteiger partial charge in [-0.2, -0.15) is 8.78 Å². The predicted octanol–water partition coefficient (Wildman–Crippen LogP) is 4.09. The Balaban J connectivity index is 1.72. The Morgan fingerprint density at radius 3 is 2.77 bits per heavy atom. The number of furan rings is 1. The molecular formula is C19H19F2NO4. The summed E-state index contributed by atoms with van der Waals surface area (Å²) in [5, 5.41) is 0. The van der Waals surface area contributed by atoms with Crippen molar-refractivity contribution in [2.45, 2.75) is 32.0 Å². The molecule has 138 valence electrons. The molecule has 0 aliphatic heterocycles. The minimum atomic E-state index is -2.92. The zero-order valence-electron chi connectivity index (χ0n) is 14.2. The maximum Gasteiger partial charge on any atom is 0.387 e. The molecule has 1 amide bonds. The molecular weight excluding hydrogens is 344 g/mol. The van der Waals surface area contributed by atoms with Gasteiger partial charge in [0.25, 0.3) is 0 Å². The maximum atomic E-state index is 12.5. The minimum Gasteiger partial charge on any atom is -0.493 e. The molecule has 1 aliphatic rings. The molecule has 0 radical (unpaired) electrons. The van der Waals surface area contributed by atoms with Gasteiger partial charge in [0.15, 0.2) is 11.5 Å². The summed E-state index contributed by atoms with van der Waals surface area (Å²) in [7, 11) is 1.38. The molecule has 1 aliphatic carbocycles. The molecule has 0 saturated heterocycles. The monoisotopic (exact) mass is 363 g/mol. The first-order valence-electron chi connectivity index (χ1n) is 8.20. The zero-order chi connectivity index (χ0) is 18.5. The summed E-state index contributed by atoms with van der Waals surface area (Å²) in [6.07, 6.45) is 6.53. The third kappa shape index (κ3) is 4.62. The largest absolute Gasteiger partial charge is 0.493 e. The number of rotatable bonds is 8. The van der Waals surface area contributed by atoms with Gasteiger partial charge in [-0.25, -0.2) is 0 Å². The Hall–Kier alpha value is -2.83. The molecule has 1 aromatic carbocycles. The van der Waals surface area contributed by atoms with Crippen LogP contribution in [0.5, 0.6) is 11.5 Å². The highest BCUT2D eigenvalue weighted by Crippen LogP contribution is 2.32. The third-order valence-electron chi connectivity index (χ3n) is 4.00. The van der Waals surface area contributed by atoms with Gasteiger partial charge in [-0.15, -0.1) is 0 Å². The summed E-state index contributed by atoms with van der Waals surface area (Å²) >= 11 is 0. The van der Waals surface area contributed by atoms with Crippen molar-refractivity contribution in [2.24, 2.45) is 0 Å². The summed E-state index contributed by atoms with van der Waals surface area (Å²) in [5.41, 5.74) is 0.773. The quantitative estimate of drug-likeness (QED) is 0.663. The Morgan fingerprint density at radius 2 is 2.15 bits per heavy atom. The predicted molar refractivity (Wildman–Crippen MR) is 90.9 cm³/mol. The van der Waals surface area contributed by atoms with Crippen molar-refractivity contribution in [1.82, 2.24) is 4.90 Å². The second kappa shape index (κ2) is 8.03. The van der Waals surface area contributed by atoms with Crippen molar-refractivity contribution in [3.63, 3.8) is 0 Å². The number of halogens is 2. The fraction of sp³-hybridized carbons (Fsp3) is 0.316. The number of methoxy groups -OCH3 is 1. The van der Waals surface area contributed by atoms with Crippen LogP contribution in [0.2, 0.25) is 0 Å². The Morgan fingerprint density at radius 1 is 1.35 bits per heavy atom. The summed E-state index contributed by atoms with van der Waals surface area (Å²) < 4.78 is 39.6. The second-order valence-electron chi connectivity index (χ2n) is 5.91. The number of ether oxygens (including phenoxy) is 2. The molecule has 0 N–H and O–H groups in total. The number of nitrogens with zero attached hydrogens (tertiary/aromatic N) is 1. The SMILES string of the molecule is COc1cc(CN(C(=O)/C=C/c2ccco2)C2CC2)ccc1OC(F)F. The number of amides is 1. The van der Waals surface area contributed by atoms with Gasteiger partial charge < -0.3 is 18.8 Å². The van der Waals surface area contributed by atoms with Gasteiger partial charge >= 0.3 is 6.61 Å². The van der Waals surface area contributed by atoms with E-state index in [9.17, 15) is 13.6 Å². The number of carbonyl (C=O) groups excluding carboxylic acids is 1. The fourth-order valence-corrected chi connectivity index (χ4v) is 2.61. The molecule has 0 bridgehead atoms. The minimum absolute atomic E-state index is 0.0340. The van der Waals surface area contributed by atoms with Crippen LogP contribution >= 0.6 is 0 Å². The lowest BCUT2D eigenvalue weighted by Crippen LogP contribution is -2.31. The van der Waals surface area contributed by atoms with Crippen molar-refractivity contribution < 1.29 is 27.5 Å². The smallest absolute Gasteiger partial charge is 0.387 e. The second-order valence-corrected chi connectivity index (χ2v) is 5.91.